The quantitative estimate of drug-likeness (QED) is 0.865. The summed E-state index contributed by atoms with van der Waals surface area (Å²) in [6.45, 7) is 5.73. The predicted octanol–water partition coefficient (Wildman–Crippen LogP) is 2.07. The Morgan fingerprint density at radius 3 is 2.75 bits per heavy atom. The minimum Gasteiger partial charge on any atom is -0.465 e. The number of esters is 1. The van der Waals surface area contributed by atoms with Gasteiger partial charge in [0.2, 0.25) is 0 Å². The predicted molar refractivity (Wildman–Crippen MR) is 82.1 cm³/mol. The van der Waals surface area contributed by atoms with E-state index in [0.29, 0.717) is 12.1 Å². The van der Waals surface area contributed by atoms with E-state index in [1.165, 1.54) is 7.11 Å². The van der Waals surface area contributed by atoms with Gasteiger partial charge in [-0.2, -0.15) is 0 Å². The van der Waals surface area contributed by atoms with Crippen LogP contribution in [0.25, 0.3) is 0 Å². The van der Waals surface area contributed by atoms with Crippen molar-refractivity contribution in [3.05, 3.63) is 35.4 Å². The van der Waals surface area contributed by atoms with E-state index in [4.69, 9.17) is 10.5 Å². The molecule has 0 spiro atoms. The Morgan fingerprint density at radius 2 is 2.15 bits per heavy atom. The van der Waals surface area contributed by atoms with Crippen molar-refractivity contribution in [1.29, 1.82) is 0 Å². The first-order valence-electron chi connectivity index (χ1n) is 6.66. The summed E-state index contributed by atoms with van der Waals surface area (Å²) in [4.78, 5) is 14.1. The Labute approximate surface area is 126 Å². The molecule has 20 heavy (non-hydrogen) atoms. The highest BCUT2D eigenvalue weighted by Gasteiger charge is 2.32. The van der Waals surface area contributed by atoms with E-state index >= 15 is 0 Å². The molecule has 1 unspecified atom stereocenters. The summed E-state index contributed by atoms with van der Waals surface area (Å²) < 4.78 is 4.83. The van der Waals surface area contributed by atoms with Crippen LogP contribution in [0, 0.1) is 5.41 Å². The SMILES string of the molecule is COC(=O)c1ccccc1CN1CCC(C)(CN)C1.Cl. The molecule has 0 radical (unpaired) electrons. The van der Waals surface area contributed by atoms with Gasteiger partial charge < -0.3 is 10.5 Å². The number of hydrogen-bond donors (Lipinski definition) is 1. The number of carbonyl (C=O) groups excluding carboxylic acids is 1. The first kappa shape index (κ1) is 17.0. The second kappa shape index (κ2) is 7.07. The van der Waals surface area contributed by atoms with E-state index in [9.17, 15) is 4.79 Å². The van der Waals surface area contributed by atoms with Gasteiger partial charge in [0.05, 0.1) is 12.7 Å². The first-order chi connectivity index (χ1) is 9.08. The van der Waals surface area contributed by atoms with Crippen LogP contribution in [0.2, 0.25) is 0 Å². The number of halogens is 1. The summed E-state index contributed by atoms with van der Waals surface area (Å²) in [7, 11) is 1.42. The molecule has 1 saturated heterocycles. The highest BCUT2D eigenvalue weighted by Crippen LogP contribution is 2.29. The molecule has 5 heteroatoms. The van der Waals surface area contributed by atoms with Gasteiger partial charge in [0.15, 0.2) is 0 Å². The summed E-state index contributed by atoms with van der Waals surface area (Å²) in [5.41, 5.74) is 7.71. The maximum atomic E-state index is 11.7. The molecule has 4 nitrogen and oxygen atoms in total. The Morgan fingerprint density at radius 1 is 1.45 bits per heavy atom. The highest BCUT2D eigenvalue weighted by molar-refractivity contribution is 5.90. The molecule has 1 heterocycles. The summed E-state index contributed by atoms with van der Waals surface area (Å²) in [6.07, 6.45) is 1.11. The number of nitrogens with zero attached hydrogens (tertiary/aromatic N) is 1. The van der Waals surface area contributed by atoms with Gasteiger partial charge in [-0.25, -0.2) is 4.79 Å². The van der Waals surface area contributed by atoms with Crippen LogP contribution in [0.5, 0.6) is 0 Å². The van der Waals surface area contributed by atoms with Gasteiger partial charge in [-0.3, -0.25) is 4.90 Å². The van der Waals surface area contributed by atoms with Crippen molar-refractivity contribution in [1.82, 2.24) is 4.90 Å². The topological polar surface area (TPSA) is 55.6 Å². The smallest absolute Gasteiger partial charge is 0.338 e. The summed E-state index contributed by atoms with van der Waals surface area (Å²) in [5.74, 6) is -0.267. The van der Waals surface area contributed by atoms with E-state index in [-0.39, 0.29) is 23.8 Å². The minimum absolute atomic E-state index is 0. The summed E-state index contributed by atoms with van der Waals surface area (Å²) >= 11 is 0. The van der Waals surface area contributed by atoms with E-state index in [2.05, 4.69) is 11.8 Å². The molecule has 0 amide bonds. The molecule has 1 aromatic rings. The third kappa shape index (κ3) is 3.72. The molecule has 112 valence electrons. The summed E-state index contributed by atoms with van der Waals surface area (Å²) in [5, 5.41) is 0. The van der Waals surface area contributed by atoms with Crippen LogP contribution >= 0.6 is 12.4 Å². The Bertz CT molecular complexity index is 467. The lowest BCUT2D eigenvalue weighted by atomic mass is 9.90. The molecule has 1 aromatic carbocycles. The number of carbonyl (C=O) groups is 1. The van der Waals surface area contributed by atoms with E-state index < -0.39 is 0 Å². The number of likely N-dealkylation sites (tertiary alicyclic amines) is 1. The van der Waals surface area contributed by atoms with Crippen LogP contribution < -0.4 is 5.73 Å². The molecule has 1 aliphatic heterocycles. The number of hydrogen-bond acceptors (Lipinski definition) is 4. The molecular weight excluding hydrogens is 276 g/mol. The van der Waals surface area contributed by atoms with Crippen molar-refractivity contribution < 1.29 is 9.53 Å². The van der Waals surface area contributed by atoms with Gasteiger partial charge in [0, 0.05) is 13.1 Å². The van der Waals surface area contributed by atoms with Crippen molar-refractivity contribution in [2.75, 3.05) is 26.7 Å². The van der Waals surface area contributed by atoms with Crippen LogP contribution in [0.4, 0.5) is 0 Å². The third-order valence-electron chi connectivity index (χ3n) is 3.95. The van der Waals surface area contributed by atoms with Crippen molar-refractivity contribution in [3.63, 3.8) is 0 Å². The van der Waals surface area contributed by atoms with Crippen LogP contribution in [-0.2, 0) is 11.3 Å². The maximum absolute atomic E-state index is 11.7. The fourth-order valence-electron chi connectivity index (χ4n) is 2.64. The fourth-order valence-corrected chi connectivity index (χ4v) is 2.64. The molecule has 1 fully saturated rings. The average molecular weight is 299 g/mol. The first-order valence-corrected chi connectivity index (χ1v) is 6.66. The molecule has 0 saturated carbocycles. The molecule has 0 aliphatic carbocycles. The number of ether oxygens (including phenoxy) is 1. The Kier molecular flexibility index (Phi) is 5.99. The number of nitrogens with two attached hydrogens (primary N) is 1. The highest BCUT2D eigenvalue weighted by atomic mass is 35.5. The molecule has 0 bridgehead atoms. The molecule has 0 aromatic heterocycles. The third-order valence-corrected chi connectivity index (χ3v) is 3.95. The van der Waals surface area contributed by atoms with Gasteiger partial charge in [0.25, 0.3) is 0 Å². The van der Waals surface area contributed by atoms with Crippen LogP contribution in [-0.4, -0.2) is 37.6 Å². The van der Waals surface area contributed by atoms with Gasteiger partial charge in [-0.05, 0) is 36.6 Å². The largest absolute Gasteiger partial charge is 0.465 e. The Balaban J connectivity index is 0.00000200. The molecule has 1 atom stereocenters. The monoisotopic (exact) mass is 298 g/mol. The lowest BCUT2D eigenvalue weighted by Gasteiger charge is -2.23. The van der Waals surface area contributed by atoms with Crippen molar-refractivity contribution >= 4 is 18.4 Å². The van der Waals surface area contributed by atoms with Crippen LogP contribution in [0.1, 0.15) is 29.3 Å². The van der Waals surface area contributed by atoms with Crippen molar-refractivity contribution in [2.24, 2.45) is 11.1 Å². The van der Waals surface area contributed by atoms with Gasteiger partial charge in [-0.15, -0.1) is 12.4 Å². The van der Waals surface area contributed by atoms with Gasteiger partial charge in [0.1, 0.15) is 0 Å². The van der Waals surface area contributed by atoms with Crippen LogP contribution in [0.15, 0.2) is 24.3 Å². The molecular formula is C15H23ClN2O2. The average Bonchev–Trinajstić information content (AvgIpc) is 2.81. The second-order valence-electron chi connectivity index (χ2n) is 5.62. The number of rotatable bonds is 4. The minimum atomic E-state index is -0.267. The Hall–Kier alpha value is -1.10. The molecule has 2 rings (SSSR count). The van der Waals surface area contributed by atoms with E-state index in [0.717, 1.165) is 31.6 Å². The van der Waals surface area contributed by atoms with Gasteiger partial charge >= 0.3 is 5.97 Å². The van der Waals surface area contributed by atoms with Gasteiger partial charge in [-0.1, -0.05) is 25.1 Å². The maximum Gasteiger partial charge on any atom is 0.338 e. The van der Waals surface area contributed by atoms with E-state index in [1.54, 1.807) is 0 Å². The zero-order valence-corrected chi connectivity index (χ0v) is 12.9. The lowest BCUT2D eigenvalue weighted by Crippen LogP contribution is -2.31. The standard InChI is InChI=1S/C15H22N2O2.ClH/c1-15(10-16)7-8-17(11-15)9-12-5-3-4-6-13(12)14(18)19-2;/h3-6H,7-11,16H2,1-2H3;1H. The van der Waals surface area contributed by atoms with Crippen LogP contribution in [0.3, 0.4) is 0 Å². The molecule has 1 aliphatic rings. The number of benzene rings is 1. The molecule has 2 N–H and O–H groups in total. The van der Waals surface area contributed by atoms with Crippen molar-refractivity contribution in [2.45, 2.75) is 19.9 Å². The normalized spacial score (nSPS) is 22.4. The van der Waals surface area contributed by atoms with E-state index in [1.807, 2.05) is 24.3 Å². The summed E-state index contributed by atoms with van der Waals surface area (Å²) in [6, 6.07) is 7.63. The lowest BCUT2D eigenvalue weighted by molar-refractivity contribution is 0.0598. The zero-order valence-electron chi connectivity index (χ0n) is 12.1. The zero-order chi connectivity index (χ0) is 13.9. The second-order valence-corrected chi connectivity index (χ2v) is 5.62. The van der Waals surface area contributed by atoms with Crippen molar-refractivity contribution in [3.8, 4) is 0 Å². The fraction of sp³-hybridized carbons (Fsp3) is 0.533. The number of methoxy groups -OCH3 is 1.